The number of nitrogens with one attached hydrogen (secondary N) is 1. The van der Waals surface area contributed by atoms with Crippen LogP contribution in [0.3, 0.4) is 0 Å². The van der Waals surface area contributed by atoms with Crippen LogP contribution in [0, 0.1) is 0 Å². The van der Waals surface area contributed by atoms with E-state index in [1.807, 2.05) is 21.1 Å². The van der Waals surface area contributed by atoms with Gasteiger partial charge in [0.15, 0.2) is 0 Å². The highest BCUT2D eigenvalue weighted by molar-refractivity contribution is 7.99. The maximum Gasteiger partial charge on any atom is 0.472 e. The van der Waals surface area contributed by atoms with E-state index < -0.39 is 7.82 Å². The van der Waals surface area contributed by atoms with Crippen LogP contribution in [-0.2, 0) is 18.4 Å². The summed E-state index contributed by atoms with van der Waals surface area (Å²) >= 11 is 1.79. The van der Waals surface area contributed by atoms with Gasteiger partial charge in [-0.15, -0.1) is 0 Å². The van der Waals surface area contributed by atoms with Gasteiger partial charge in [0, 0.05) is 12.2 Å². The lowest BCUT2D eigenvalue weighted by molar-refractivity contribution is -0.870. The van der Waals surface area contributed by atoms with E-state index in [0.717, 1.165) is 25.0 Å². The molecule has 0 aliphatic heterocycles. The van der Waals surface area contributed by atoms with Gasteiger partial charge in [-0.2, -0.15) is 11.8 Å². The van der Waals surface area contributed by atoms with E-state index in [-0.39, 0.29) is 25.2 Å². The number of thioether (sulfide) groups is 1. The molecule has 0 bridgehead atoms. The third kappa shape index (κ3) is 31.3. The van der Waals surface area contributed by atoms with Crippen molar-refractivity contribution in [2.75, 3.05) is 52.4 Å². The van der Waals surface area contributed by atoms with Crippen molar-refractivity contribution in [3.63, 3.8) is 0 Å². The molecule has 0 heterocycles. The van der Waals surface area contributed by atoms with E-state index in [1.165, 1.54) is 109 Å². The highest BCUT2D eigenvalue weighted by atomic mass is 32.2. The van der Waals surface area contributed by atoms with Crippen LogP contribution in [0.1, 0.15) is 149 Å². The van der Waals surface area contributed by atoms with Gasteiger partial charge in [0.05, 0.1) is 33.8 Å². The van der Waals surface area contributed by atoms with E-state index in [0.29, 0.717) is 23.2 Å². The standard InChI is InChI=1S/C33H69N2O5PS/c1-6-8-10-12-14-15-16-17-18-19-20-21-23-25-29-42-31-32(34-33(36)26-24-22-13-11-9-7-2)30-40-41(37,38)39-28-27-35(3,4)5/h32H,6-31H2,1-5H3,(H-,34,36,37,38)/p+1/t32-/m0/s1. The summed E-state index contributed by atoms with van der Waals surface area (Å²) in [5.74, 6) is 1.69. The first-order chi connectivity index (χ1) is 20.1. The number of hydrogen-bond acceptors (Lipinski definition) is 5. The Balaban J connectivity index is 4.21. The largest absolute Gasteiger partial charge is 0.472 e. The molecule has 0 aromatic heterocycles. The van der Waals surface area contributed by atoms with Crippen LogP contribution < -0.4 is 5.32 Å². The molecule has 0 saturated heterocycles. The molecule has 2 atom stereocenters. The summed E-state index contributed by atoms with van der Waals surface area (Å²) in [7, 11) is 1.83. The number of unbranched alkanes of at least 4 members (excludes halogenated alkanes) is 18. The van der Waals surface area contributed by atoms with Gasteiger partial charge < -0.3 is 14.7 Å². The minimum atomic E-state index is -4.16. The number of hydrogen-bond donors (Lipinski definition) is 2. The number of phosphoric acid groups is 1. The molecule has 1 amide bonds. The predicted molar refractivity (Wildman–Crippen MR) is 182 cm³/mol. The summed E-state index contributed by atoms with van der Waals surface area (Å²) in [5, 5.41) is 3.05. The minimum absolute atomic E-state index is 0.00472. The first kappa shape index (κ1) is 41.9. The molecule has 42 heavy (non-hydrogen) atoms. The Kier molecular flexibility index (Phi) is 28.3. The number of carbonyl (C=O) groups is 1. The highest BCUT2D eigenvalue weighted by Gasteiger charge is 2.25. The van der Waals surface area contributed by atoms with Gasteiger partial charge in [-0.1, -0.05) is 129 Å². The number of carbonyl (C=O) groups excluding carboxylic acids is 1. The molecule has 0 fully saturated rings. The minimum Gasteiger partial charge on any atom is -0.350 e. The monoisotopic (exact) mass is 637 g/mol. The molecule has 0 aliphatic carbocycles. The molecule has 0 radical (unpaired) electrons. The average molecular weight is 638 g/mol. The van der Waals surface area contributed by atoms with Gasteiger partial charge >= 0.3 is 7.82 Å². The lowest BCUT2D eigenvalue weighted by atomic mass is 10.0. The maximum absolute atomic E-state index is 12.6. The fraction of sp³-hybridized carbons (Fsp3) is 0.970. The molecular formula is C33H70N2O5PS+. The summed E-state index contributed by atoms with van der Waals surface area (Å²) in [5.41, 5.74) is 0. The lowest BCUT2D eigenvalue weighted by Crippen LogP contribution is -2.40. The Hall–Kier alpha value is -0.110. The van der Waals surface area contributed by atoms with Crippen LogP contribution in [0.5, 0.6) is 0 Å². The van der Waals surface area contributed by atoms with E-state index in [9.17, 15) is 14.3 Å². The average Bonchev–Trinajstić information content (AvgIpc) is 2.92. The SMILES string of the molecule is CCCCCCCCCCCCCCCCSC[C@H](COP(=O)(O)OCC[N+](C)(C)C)NC(=O)CCCCCCCC. The van der Waals surface area contributed by atoms with Crippen LogP contribution in [-0.4, -0.2) is 73.7 Å². The van der Waals surface area contributed by atoms with Gasteiger partial charge in [-0.25, -0.2) is 4.57 Å². The number of amides is 1. The Morgan fingerprint density at radius 2 is 1.19 bits per heavy atom. The number of rotatable bonds is 32. The first-order valence-electron chi connectivity index (χ1n) is 17.4. The van der Waals surface area contributed by atoms with Crippen molar-refractivity contribution in [1.29, 1.82) is 0 Å². The predicted octanol–water partition coefficient (Wildman–Crippen LogP) is 9.28. The highest BCUT2D eigenvalue weighted by Crippen LogP contribution is 2.43. The van der Waals surface area contributed by atoms with Crippen molar-refractivity contribution in [2.45, 2.75) is 155 Å². The van der Waals surface area contributed by atoms with Gasteiger partial charge in [0.2, 0.25) is 5.91 Å². The van der Waals surface area contributed by atoms with Crippen LogP contribution in [0.2, 0.25) is 0 Å². The molecule has 0 saturated carbocycles. The van der Waals surface area contributed by atoms with Gasteiger partial charge in [0.25, 0.3) is 0 Å². The number of phosphoric ester groups is 1. The van der Waals surface area contributed by atoms with Crippen molar-refractivity contribution >= 4 is 25.5 Å². The molecule has 0 aromatic rings. The molecule has 7 nitrogen and oxygen atoms in total. The van der Waals surface area contributed by atoms with Crippen LogP contribution in [0.15, 0.2) is 0 Å². The van der Waals surface area contributed by atoms with Crippen LogP contribution >= 0.6 is 19.6 Å². The number of likely N-dealkylation sites (N-methyl/N-ethyl adjacent to an activating group) is 1. The first-order valence-corrected chi connectivity index (χ1v) is 20.0. The number of quaternary nitrogens is 1. The van der Waals surface area contributed by atoms with Crippen LogP contribution in [0.25, 0.3) is 0 Å². The molecule has 1 unspecified atom stereocenters. The lowest BCUT2D eigenvalue weighted by Gasteiger charge is -2.24. The van der Waals surface area contributed by atoms with Gasteiger partial charge in [0.1, 0.15) is 13.2 Å². The Morgan fingerprint density at radius 3 is 1.67 bits per heavy atom. The zero-order chi connectivity index (χ0) is 31.4. The van der Waals surface area contributed by atoms with Gasteiger partial charge in [-0.05, 0) is 18.6 Å². The summed E-state index contributed by atoms with van der Waals surface area (Å²) in [6.07, 6.45) is 26.2. The van der Waals surface area contributed by atoms with Crippen molar-refractivity contribution in [2.24, 2.45) is 0 Å². The molecule has 9 heteroatoms. The third-order valence-corrected chi connectivity index (χ3v) is 9.74. The van der Waals surface area contributed by atoms with E-state index in [4.69, 9.17) is 9.05 Å². The number of nitrogens with zero attached hydrogens (tertiary/aromatic N) is 1. The topological polar surface area (TPSA) is 84.9 Å². The summed E-state index contributed by atoms with van der Waals surface area (Å²) < 4.78 is 23.5. The fourth-order valence-electron chi connectivity index (χ4n) is 4.77. The normalized spacial score (nSPS) is 14.1. The third-order valence-electron chi connectivity index (χ3n) is 7.54. The molecule has 252 valence electrons. The molecule has 0 spiro atoms. The second-order valence-electron chi connectivity index (χ2n) is 13.1. The zero-order valence-electron chi connectivity index (χ0n) is 28.3. The smallest absolute Gasteiger partial charge is 0.350 e. The quantitative estimate of drug-likeness (QED) is 0.0434. The molecule has 2 N–H and O–H groups in total. The van der Waals surface area contributed by atoms with Crippen molar-refractivity contribution in [3.8, 4) is 0 Å². The Labute approximate surface area is 265 Å². The van der Waals surface area contributed by atoms with E-state index in [2.05, 4.69) is 19.2 Å². The molecule has 0 rings (SSSR count). The molecule has 0 aliphatic rings. The van der Waals surface area contributed by atoms with Crippen molar-refractivity contribution in [3.05, 3.63) is 0 Å². The summed E-state index contributed by atoms with van der Waals surface area (Å²) in [6.45, 7) is 5.19. The second kappa shape index (κ2) is 28.4. The maximum atomic E-state index is 12.6. The Morgan fingerprint density at radius 1 is 0.738 bits per heavy atom. The summed E-state index contributed by atoms with van der Waals surface area (Å²) in [6, 6.07) is -0.309. The van der Waals surface area contributed by atoms with E-state index >= 15 is 0 Å². The molecular weight excluding hydrogens is 567 g/mol. The second-order valence-corrected chi connectivity index (χ2v) is 15.7. The summed E-state index contributed by atoms with van der Waals surface area (Å²) in [4.78, 5) is 22.7. The fourth-order valence-corrected chi connectivity index (χ4v) is 6.57. The Bertz CT molecular complexity index is 663. The van der Waals surface area contributed by atoms with Crippen molar-refractivity contribution in [1.82, 2.24) is 5.32 Å². The molecule has 0 aromatic carbocycles. The van der Waals surface area contributed by atoms with E-state index in [1.54, 1.807) is 11.8 Å². The van der Waals surface area contributed by atoms with Crippen molar-refractivity contribution < 1.29 is 27.8 Å². The van der Waals surface area contributed by atoms with Crippen LogP contribution in [0.4, 0.5) is 0 Å². The zero-order valence-corrected chi connectivity index (χ0v) is 30.1. The van der Waals surface area contributed by atoms with Gasteiger partial charge in [-0.3, -0.25) is 13.8 Å².